The molecule has 2 aromatic rings. The summed E-state index contributed by atoms with van der Waals surface area (Å²) in [5, 5.41) is 23.1. The number of ketones is 1. The molecular formula is C24H28N2O6. The van der Waals surface area contributed by atoms with Gasteiger partial charge in [-0.05, 0) is 24.6 Å². The van der Waals surface area contributed by atoms with Gasteiger partial charge in [0.1, 0.15) is 5.76 Å². The molecule has 0 spiro atoms. The minimum atomic E-state index is -0.799. The van der Waals surface area contributed by atoms with Crippen LogP contribution in [0, 0.1) is 6.92 Å². The first kappa shape index (κ1) is 23.3. The molecule has 1 saturated heterocycles. The number of nitrogens with one attached hydrogen (secondary N) is 1. The number of methoxy groups -OCH3 is 2. The second-order valence-corrected chi connectivity index (χ2v) is 7.45. The monoisotopic (exact) mass is 440 g/mol. The van der Waals surface area contributed by atoms with Crippen LogP contribution in [0.1, 0.15) is 22.7 Å². The van der Waals surface area contributed by atoms with Crippen LogP contribution in [0.4, 0.5) is 0 Å². The van der Waals surface area contributed by atoms with Crippen LogP contribution in [0.5, 0.6) is 11.5 Å². The molecule has 1 aliphatic heterocycles. The molecule has 3 N–H and O–H groups in total. The Bertz CT molecular complexity index is 1020. The van der Waals surface area contributed by atoms with Crippen LogP contribution >= 0.6 is 0 Å². The highest BCUT2D eigenvalue weighted by Crippen LogP contribution is 2.41. The number of rotatable bonds is 9. The molecule has 1 atom stereocenters. The fraction of sp³-hybridized carbons (Fsp3) is 0.333. The van der Waals surface area contributed by atoms with Gasteiger partial charge in [0.2, 0.25) is 0 Å². The van der Waals surface area contributed by atoms with Gasteiger partial charge in [0, 0.05) is 25.2 Å². The van der Waals surface area contributed by atoms with Crippen LogP contribution in [0.2, 0.25) is 0 Å². The Morgan fingerprint density at radius 1 is 1.03 bits per heavy atom. The molecule has 0 unspecified atom stereocenters. The Kier molecular flexibility index (Phi) is 7.50. The molecule has 0 saturated carbocycles. The molecule has 8 heteroatoms. The topological polar surface area (TPSA) is 108 Å². The Labute approximate surface area is 187 Å². The Morgan fingerprint density at radius 3 is 2.34 bits per heavy atom. The summed E-state index contributed by atoms with van der Waals surface area (Å²) in [6.07, 6.45) is 0. The maximum atomic E-state index is 13.0. The lowest BCUT2D eigenvalue weighted by molar-refractivity contribution is -0.139. The van der Waals surface area contributed by atoms with E-state index in [9.17, 15) is 14.7 Å². The second kappa shape index (κ2) is 10.3. The predicted octanol–water partition coefficient (Wildman–Crippen LogP) is 2.02. The highest BCUT2D eigenvalue weighted by molar-refractivity contribution is 6.46. The van der Waals surface area contributed by atoms with Crippen molar-refractivity contribution in [3.63, 3.8) is 0 Å². The zero-order valence-corrected chi connectivity index (χ0v) is 18.4. The van der Waals surface area contributed by atoms with Crippen molar-refractivity contribution in [3.8, 4) is 11.5 Å². The molecule has 0 aromatic heterocycles. The molecule has 32 heavy (non-hydrogen) atoms. The number of benzene rings is 2. The van der Waals surface area contributed by atoms with Crippen molar-refractivity contribution >= 4 is 17.4 Å². The number of carbonyl (C=O) groups excluding carboxylic acids is 2. The number of hydrogen-bond donors (Lipinski definition) is 3. The number of hydrogen-bond acceptors (Lipinski definition) is 7. The number of Topliss-reactive ketones (excluding diaryl/α,β-unsaturated/α-hetero) is 1. The van der Waals surface area contributed by atoms with Crippen molar-refractivity contribution in [1.82, 2.24) is 10.2 Å². The van der Waals surface area contributed by atoms with E-state index in [1.54, 1.807) is 30.3 Å². The van der Waals surface area contributed by atoms with Crippen molar-refractivity contribution in [2.24, 2.45) is 0 Å². The van der Waals surface area contributed by atoms with Gasteiger partial charge in [0.15, 0.2) is 11.5 Å². The van der Waals surface area contributed by atoms with Crippen molar-refractivity contribution in [3.05, 3.63) is 64.7 Å². The standard InChI is InChI=1S/C24H28N2O6/c1-15-4-6-16(7-5-15)22(28)20-21(17-8-9-18(31-2)19(14-17)32-3)26(24(30)23(20)29)12-10-25-11-13-27/h4-9,14,21,25,27-28H,10-13H2,1-3H3/t21-/m0/s1. The normalized spacial score (nSPS) is 17.6. The number of likely N-dealkylation sites (tertiary alicyclic amines) is 1. The Morgan fingerprint density at radius 2 is 1.72 bits per heavy atom. The van der Waals surface area contributed by atoms with E-state index in [1.807, 2.05) is 19.1 Å². The van der Waals surface area contributed by atoms with E-state index in [0.717, 1.165) is 5.56 Å². The molecule has 1 aliphatic rings. The number of ether oxygens (including phenoxy) is 2. The highest BCUT2D eigenvalue weighted by atomic mass is 16.5. The third-order valence-corrected chi connectivity index (χ3v) is 5.41. The zero-order chi connectivity index (χ0) is 23.3. The summed E-state index contributed by atoms with van der Waals surface area (Å²) in [6, 6.07) is 11.4. The lowest BCUT2D eigenvalue weighted by atomic mass is 9.94. The molecule has 2 aromatic carbocycles. The maximum Gasteiger partial charge on any atom is 0.295 e. The number of carbonyl (C=O) groups is 2. The second-order valence-electron chi connectivity index (χ2n) is 7.45. The lowest BCUT2D eigenvalue weighted by Crippen LogP contribution is -2.36. The van der Waals surface area contributed by atoms with E-state index in [-0.39, 0.29) is 24.5 Å². The molecule has 0 aliphatic carbocycles. The Hall–Kier alpha value is -3.36. The maximum absolute atomic E-state index is 13.0. The Balaban J connectivity index is 2.11. The minimum Gasteiger partial charge on any atom is -0.507 e. The molecular weight excluding hydrogens is 412 g/mol. The number of aliphatic hydroxyl groups excluding tert-OH is 2. The SMILES string of the molecule is COc1ccc([C@H]2C(=C(O)c3ccc(C)cc3)C(=O)C(=O)N2CCNCCO)cc1OC. The zero-order valence-electron chi connectivity index (χ0n) is 18.4. The van der Waals surface area contributed by atoms with E-state index in [1.165, 1.54) is 19.1 Å². The summed E-state index contributed by atoms with van der Waals surface area (Å²) < 4.78 is 10.7. The van der Waals surface area contributed by atoms with E-state index < -0.39 is 17.7 Å². The number of aryl methyl sites for hydroxylation is 1. The first-order valence-corrected chi connectivity index (χ1v) is 10.3. The van der Waals surface area contributed by atoms with E-state index in [4.69, 9.17) is 14.6 Å². The van der Waals surface area contributed by atoms with Crippen molar-refractivity contribution in [1.29, 1.82) is 0 Å². The first-order chi connectivity index (χ1) is 15.4. The number of amides is 1. The van der Waals surface area contributed by atoms with Gasteiger partial charge >= 0.3 is 0 Å². The van der Waals surface area contributed by atoms with Gasteiger partial charge in [-0.3, -0.25) is 9.59 Å². The van der Waals surface area contributed by atoms with E-state index in [2.05, 4.69) is 5.32 Å². The molecule has 0 radical (unpaired) electrons. The average Bonchev–Trinajstić information content (AvgIpc) is 3.06. The van der Waals surface area contributed by atoms with Gasteiger partial charge in [-0.2, -0.15) is 0 Å². The van der Waals surface area contributed by atoms with Gasteiger partial charge in [-0.25, -0.2) is 0 Å². The van der Waals surface area contributed by atoms with Crippen LogP contribution in [0.25, 0.3) is 5.76 Å². The molecule has 1 fully saturated rings. The van der Waals surface area contributed by atoms with Crippen molar-refractivity contribution < 1.29 is 29.3 Å². The van der Waals surface area contributed by atoms with Crippen LogP contribution in [0.15, 0.2) is 48.0 Å². The minimum absolute atomic E-state index is 0.0215. The number of aliphatic hydroxyl groups is 2. The molecule has 8 nitrogen and oxygen atoms in total. The van der Waals surface area contributed by atoms with Gasteiger partial charge < -0.3 is 29.9 Å². The highest BCUT2D eigenvalue weighted by Gasteiger charge is 2.46. The quantitative estimate of drug-likeness (QED) is 0.237. The summed E-state index contributed by atoms with van der Waals surface area (Å²) in [5.41, 5.74) is 2.09. The molecule has 0 bridgehead atoms. The van der Waals surface area contributed by atoms with Gasteiger partial charge in [-0.1, -0.05) is 35.9 Å². The summed E-state index contributed by atoms with van der Waals surface area (Å²) in [6.45, 7) is 2.85. The lowest BCUT2D eigenvalue weighted by Gasteiger charge is -2.26. The average molecular weight is 440 g/mol. The third kappa shape index (κ3) is 4.61. The summed E-state index contributed by atoms with van der Waals surface area (Å²) in [7, 11) is 3.03. The fourth-order valence-electron chi connectivity index (χ4n) is 3.75. The van der Waals surface area contributed by atoms with Crippen molar-refractivity contribution in [2.75, 3.05) is 40.5 Å². The third-order valence-electron chi connectivity index (χ3n) is 5.41. The smallest absolute Gasteiger partial charge is 0.295 e. The molecule has 3 rings (SSSR count). The predicted molar refractivity (Wildman–Crippen MR) is 120 cm³/mol. The van der Waals surface area contributed by atoms with Crippen LogP contribution in [-0.4, -0.2) is 67.3 Å². The molecule has 170 valence electrons. The largest absolute Gasteiger partial charge is 0.507 e. The molecule has 1 amide bonds. The first-order valence-electron chi connectivity index (χ1n) is 10.3. The summed E-state index contributed by atoms with van der Waals surface area (Å²) >= 11 is 0. The van der Waals surface area contributed by atoms with Gasteiger partial charge in [-0.15, -0.1) is 0 Å². The molecule has 1 heterocycles. The van der Waals surface area contributed by atoms with Crippen LogP contribution in [0.3, 0.4) is 0 Å². The summed E-state index contributed by atoms with van der Waals surface area (Å²) in [5.74, 6) is -0.705. The fourth-order valence-corrected chi connectivity index (χ4v) is 3.75. The van der Waals surface area contributed by atoms with Crippen LogP contribution in [-0.2, 0) is 9.59 Å². The van der Waals surface area contributed by atoms with Crippen molar-refractivity contribution in [2.45, 2.75) is 13.0 Å². The van der Waals surface area contributed by atoms with Gasteiger partial charge in [0.05, 0.1) is 32.4 Å². The van der Waals surface area contributed by atoms with E-state index >= 15 is 0 Å². The van der Waals surface area contributed by atoms with Gasteiger partial charge in [0.25, 0.3) is 11.7 Å². The van der Waals surface area contributed by atoms with E-state index in [0.29, 0.717) is 35.7 Å². The summed E-state index contributed by atoms with van der Waals surface area (Å²) in [4.78, 5) is 27.4. The van der Waals surface area contributed by atoms with Crippen LogP contribution < -0.4 is 14.8 Å². The number of nitrogens with zero attached hydrogens (tertiary/aromatic N) is 1.